The summed E-state index contributed by atoms with van der Waals surface area (Å²) >= 11 is 0. The molecule has 0 N–H and O–H groups in total. The summed E-state index contributed by atoms with van der Waals surface area (Å²) in [6.07, 6.45) is 4.44. The van der Waals surface area contributed by atoms with Crippen molar-refractivity contribution in [2.45, 2.75) is 33.3 Å². The zero-order valence-corrected chi connectivity index (χ0v) is 12.3. The van der Waals surface area contributed by atoms with E-state index in [-0.39, 0.29) is 17.9 Å². The largest absolute Gasteiger partial charge is 0.458 e. The van der Waals surface area contributed by atoms with Crippen molar-refractivity contribution < 1.29 is 14.3 Å². The van der Waals surface area contributed by atoms with E-state index in [0.717, 1.165) is 18.3 Å². The molecule has 1 aromatic carbocycles. The first-order valence-electron chi connectivity index (χ1n) is 6.97. The summed E-state index contributed by atoms with van der Waals surface area (Å²) < 4.78 is 5.42. The molecule has 0 bridgehead atoms. The van der Waals surface area contributed by atoms with Gasteiger partial charge in [-0.05, 0) is 17.6 Å². The third-order valence-electron chi connectivity index (χ3n) is 3.40. The first-order chi connectivity index (χ1) is 9.58. The maximum absolute atomic E-state index is 11.8. The van der Waals surface area contributed by atoms with E-state index < -0.39 is 5.97 Å². The Morgan fingerprint density at radius 1 is 1.25 bits per heavy atom. The minimum atomic E-state index is -0.409. The number of carbonyl (C=O) groups excluding carboxylic acids is 2. The Balaban J connectivity index is 2.67. The number of aldehydes is 1. The molecule has 1 aromatic rings. The number of esters is 1. The first kappa shape index (κ1) is 16.2. The lowest BCUT2D eigenvalue weighted by Crippen LogP contribution is -2.31. The van der Waals surface area contributed by atoms with Crippen LogP contribution in [0.5, 0.6) is 0 Å². The van der Waals surface area contributed by atoms with Crippen LogP contribution >= 0.6 is 0 Å². The molecule has 1 rings (SSSR count). The third kappa shape index (κ3) is 5.00. The molecular weight excluding hydrogens is 252 g/mol. The van der Waals surface area contributed by atoms with Crippen molar-refractivity contribution in [1.82, 2.24) is 0 Å². The molecule has 20 heavy (non-hydrogen) atoms. The van der Waals surface area contributed by atoms with E-state index in [2.05, 4.69) is 0 Å². The van der Waals surface area contributed by atoms with Gasteiger partial charge in [-0.3, -0.25) is 0 Å². The zero-order valence-electron chi connectivity index (χ0n) is 12.3. The average molecular weight is 274 g/mol. The smallest absolute Gasteiger partial charge is 0.331 e. The van der Waals surface area contributed by atoms with Crippen LogP contribution in [0.15, 0.2) is 36.4 Å². The van der Waals surface area contributed by atoms with Crippen LogP contribution < -0.4 is 0 Å². The van der Waals surface area contributed by atoms with Crippen LogP contribution in [0.25, 0.3) is 6.08 Å². The second kappa shape index (κ2) is 8.31. The van der Waals surface area contributed by atoms with Gasteiger partial charge < -0.3 is 9.53 Å². The van der Waals surface area contributed by atoms with E-state index in [1.165, 1.54) is 6.08 Å². The second-order valence-electron chi connectivity index (χ2n) is 5.03. The van der Waals surface area contributed by atoms with Crippen molar-refractivity contribution in [3.63, 3.8) is 0 Å². The monoisotopic (exact) mass is 274 g/mol. The van der Waals surface area contributed by atoms with Gasteiger partial charge in [-0.1, -0.05) is 57.5 Å². The molecule has 0 aliphatic carbocycles. The van der Waals surface area contributed by atoms with Gasteiger partial charge in [-0.2, -0.15) is 0 Å². The van der Waals surface area contributed by atoms with Crippen molar-refractivity contribution in [3.8, 4) is 0 Å². The topological polar surface area (TPSA) is 43.4 Å². The Bertz CT molecular complexity index is 451. The van der Waals surface area contributed by atoms with Gasteiger partial charge in [0.05, 0.1) is 0 Å². The third-order valence-corrected chi connectivity index (χ3v) is 3.40. The Labute approximate surface area is 120 Å². The second-order valence-corrected chi connectivity index (χ2v) is 5.03. The van der Waals surface area contributed by atoms with Crippen molar-refractivity contribution >= 4 is 18.3 Å². The predicted molar refractivity (Wildman–Crippen MR) is 80.0 cm³/mol. The summed E-state index contributed by atoms with van der Waals surface area (Å²) in [6, 6.07) is 9.54. The molecule has 0 heterocycles. The van der Waals surface area contributed by atoms with E-state index in [1.807, 2.05) is 44.2 Å². The molecule has 3 heteroatoms. The van der Waals surface area contributed by atoms with Gasteiger partial charge in [-0.25, -0.2) is 4.79 Å². The number of rotatable bonds is 7. The lowest BCUT2D eigenvalue weighted by molar-refractivity contribution is -0.149. The summed E-state index contributed by atoms with van der Waals surface area (Å²) in [5, 5.41) is 0. The van der Waals surface area contributed by atoms with Gasteiger partial charge in [0.15, 0.2) is 0 Å². The fourth-order valence-electron chi connectivity index (χ4n) is 1.95. The molecule has 0 unspecified atom stereocenters. The van der Waals surface area contributed by atoms with Gasteiger partial charge in [0, 0.05) is 12.0 Å². The Hall–Kier alpha value is -1.90. The fourth-order valence-corrected chi connectivity index (χ4v) is 1.95. The van der Waals surface area contributed by atoms with Crippen LogP contribution in [0, 0.1) is 11.8 Å². The molecule has 3 atom stereocenters. The van der Waals surface area contributed by atoms with Gasteiger partial charge in [0.1, 0.15) is 12.4 Å². The fraction of sp³-hybridized carbons (Fsp3) is 0.412. The van der Waals surface area contributed by atoms with Crippen molar-refractivity contribution in [3.05, 3.63) is 42.0 Å². The normalized spacial score (nSPS) is 15.6. The van der Waals surface area contributed by atoms with E-state index in [1.54, 1.807) is 13.0 Å². The molecule has 0 aliphatic heterocycles. The molecule has 108 valence electrons. The van der Waals surface area contributed by atoms with Crippen LogP contribution in [0.2, 0.25) is 0 Å². The number of carbonyl (C=O) groups is 2. The Morgan fingerprint density at radius 2 is 1.90 bits per heavy atom. The van der Waals surface area contributed by atoms with Gasteiger partial charge in [0.25, 0.3) is 0 Å². The predicted octanol–water partition coefficient (Wildman–Crippen LogP) is 3.49. The van der Waals surface area contributed by atoms with Gasteiger partial charge in [0.2, 0.25) is 0 Å². The highest BCUT2D eigenvalue weighted by molar-refractivity contribution is 5.87. The molecule has 0 amide bonds. The molecule has 0 spiro atoms. The standard InChI is InChI=1S/C17H22O3/c1-4-13(2)17(14(3)12-18)20-16(19)11-10-15-8-6-5-7-9-15/h5-14,17H,4H2,1-3H3/b11-10+/t13-,14-,17+/m0/s1. The minimum absolute atomic E-state index is 0.157. The summed E-state index contributed by atoms with van der Waals surface area (Å²) in [4.78, 5) is 22.8. The molecule has 0 aromatic heterocycles. The average Bonchev–Trinajstić information content (AvgIpc) is 2.50. The number of hydrogen-bond acceptors (Lipinski definition) is 3. The van der Waals surface area contributed by atoms with Crippen molar-refractivity contribution in [1.29, 1.82) is 0 Å². The SMILES string of the molecule is CC[C@H](C)[C@@H](OC(=O)/C=C/c1ccccc1)[C@@H](C)C=O. The molecular formula is C17H22O3. The van der Waals surface area contributed by atoms with Crippen molar-refractivity contribution in [2.75, 3.05) is 0 Å². The summed E-state index contributed by atoms with van der Waals surface area (Å²) in [5.74, 6) is -0.545. The molecule has 0 radical (unpaired) electrons. The zero-order chi connectivity index (χ0) is 15.0. The highest BCUT2D eigenvalue weighted by atomic mass is 16.5. The van der Waals surface area contributed by atoms with E-state index in [9.17, 15) is 9.59 Å². The number of hydrogen-bond donors (Lipinski definition) is 0. The molecule has 0 aliphatic rings. The lowest BCUT2D eigenvalue weighted by Gasteiger charge is -2.25. The van der Waals surface area contributed by atoms with Crippen molar-refractivity contribution in [2.24, 2.45) is 11.8 Å². The van der Waals surface area contributed by atoms with E-state index in [0.29, 0.717) is 0 Å². The van der Waals surface area contributed by atoms with Gasteiger partial charge >= 0.3 is 5.97 Å². The highest BCUT2D eigenvalue weighted by Gasteiger charge is 2.25. The Morgan fingerprint density at radius 3 is 2.45 bits per heavy atom. The number of ether oxygens (including phenoxy) is 1. The summed E-state index contributed by atoms with van der Waals surface area (Å²) in [7, 11) is 0. The van der Waals surface area contributed by atoms with Crippen LogP contribution in [0.3, 0.4) is 0 Å². The van der Waals surface area contributed by atoms with Crippen LogP contribution in [0.4, 0.5) is 0 Å². The van der Waals surface area contributed by atoms with Crippen LogP contribution in [0.1, 0.15) is 32.8 Å². The number of benzene rings is 1. The maximum atomic E-state index is 11.8. The van der Waals surface area contributed by atoms with E-state index in [4.69, 9.17) is 4.74 Å². The molecule has 3 nitrogen and oxygen atoms in total. The van der Waals surface area contributed by atoms with Gasteiger partial charge in [-0.15, -0.1) is 0 Å². The highest BCUT2D eigenvalue weighted by Crippen LogP contribution is 2.19. The maximum Gasteiger partial charge on any atom is 0.331 e. The first-order valence-corrected chi connectivity index (χ1v) is 6.97. The minimum Gasteiger partial charge on any atom is -0.458 e. The van der Waals surface area contributed by atoms with Crippen LogP contribution in [-0.2, 0) is 14.3 Å². The summed E-state index contributed by atoms with van der Waals surface area (Å²) in [5.41, 5.74) is 0.938. The lowest BCUT2D eigenvalue weighted by atomic mass is 9.92. The molecule has 0 fully saturated rings. The molecule has 0 saturated carbocycles. The summed E-state index contributed by atoms with van der Waals surface area (Å²) in [6.45, 7) is 5.78. The Kier molecular flexibility index (Phi) is 6.71. The quantitative estimate of drug-likeness (QED) is 0.434. The van der Waals surface area contributed by atoms with Crippen LogP contribution in [-0.4, -0.2) is 18.4 Å². The van der Waals surface area contributed by atoms with E-state index >= 15 is 0 Å². The molecule has 0 saturated heterocycles.